The van der Waals surface area contributed by atoms with E-state index in [0.29, 0.717) is 12.8 Å². The van der Waals surface area contributed by atoms with Gasteiger partial charge in [-0.2, -0.15) is 0 Å². The number of hydrogen-bond donors (Lipinski definition) is 3. The maximum atomic E-state index is 13.0. The lowest BCUT2D eigenvalue weighted by Gasteiger charge is -2.28. The summed E-state index contributed by atoms with van der Waals surface area (Å²) < 4.78 is 13.0. The smallest absolute Gasteiger partial charge is 0.234 e. The fourth-order valence-electron chi connectivity index (χ4n) is 3.38. The van der Waals surface area contributed by atoms with Gasteiger partial charge in [0.05, 0.1) is 19.2 Å². The highest BCUT2D eigenvalue weighted by Gasteiger charge is 2.36. The van der Waals surface area contributed by atoms with Crippen LogP contribution >= 0.6 is 0 Å². The van der Waals surface area contributed by atoms with Crippen LogP contribution in [0.4, 0.5) is 4.39 Å². The van der Waals surface area contributed by atoms with Crippen LogP contribution in [0.1, 0.15) is 29.7 Å². The molecule has 0 spiro atoms. The SMILES string of the molecule is CC(NC(=O)CNC1(CO)Cc2ccccc2C1)c1ccc(F)cc1. The van der Waals surface area contributed by atoms with Crippen molar-refractivity contribution in [3.63, 3.8) is 0 Å². The molecule has 3 rings (SSSR count). The summed E-state index contributed by atoms with van der Waals surface area (Å²) in [5, 5.41) is 16.0. The molecule has 2 aromatic carbocycles. The predicted molar refractivity (Wildman–Crippen MR) is 94.6 cm³/mol. The quantitative estimate of drug-likeness (QED) is 0.754. The van der Waals surface area contributed by atoms with Crippen LogP contribution in [0, 0.1) is 5.82 Å². The maximum absolute atomic E-state index is 13.0. The highest BCUT2D eigenvalue weighted by Crippen LogP contribution is 2.29. The Bertz CT molecular complexity index is 721. The van der Waals surface area contributed by atoms with E-state index in [9.17, 15) is 14.3 Å². The van der Waals surface area contributed by atoms with Gasteiger partial charge in [0, 0.05) is 5.54 Å². The van der Waals surface area contributed by atoms with Gasteiger partial charge >= 0.3 is 0 Å². The lowest BCUT2D eigenvalue weighted by molar-refractivity contribution is -0.121. The van der Waals surface area contributed by atoms with Crippen LogP contribution < -0.4 is 10.6 Å². The molecule has 1 atom stereocenters. The Morgan fingerprint density at radius 2 is 1.76 bits per heavy atom. The van der Waals surface area contributed by atoms with Crippen molar-refractivity contribution in [3.05, 3.63) is 71.0 Å². The highest BCUT2D eigenvalue weighted by molar-refractivity contribution is 5.78. The first-order valence-electron chi connectivity index (χ1n) is 8.49. The van der Waals surface area contributed by atoms with Gasteiger partial charge in [0.1, 0.15) is 5.82 Å². The van der Waals surface area contributed by atoms with Crippen molar-refractivity contribution >= 4 is 5.91 Å². The molecule has 0 heterocycles. The number of benzene rings is 2. The van der Waals surface area contributed by atoms with E-state index in [1.54, 1.807) is 12.1 Å². The molecule has 3 N–H and O–H groups in total. The molecule has 0 saturated heterocycles. The van der Waals surface area contributed by atoms with E-state index < -0.39 is 5.54 Å². The van der Waals surface area contributed by atoms with Crippen molar-refractivity contribution in [2.45, 2.75) is 31.3 Å². The molecule has 1 amide bonds. The van der Waals surface area contributed by atoms with Gasteiger partial charge in [-0.1, -0.05) is 36.4 Å². The Labute approximate surface area is 147 Å². The van der Waals surface area contributed by atoms with Crippen LogP contribution in [0.5, 0.6) is 0 Å². The van der Waals surface area contributed by atoms with E-state index in [1.165, 1.54) is 23.3 Å². The average molecular weight is 342 g/mol. The second-order valence-electron chi connectivity index (χ2n) is 6.76. The summed E-state index contributed by atoms with van der Waals surface area (Å²) in [6.45, 7) is 1.96. The molecule has 5 heteroatoms. The molecule has 4 nitrogen and oxygen atoms in total. The topological polar surface area (TPSA) is 61.4 Å². The van der Waals surface area contributed by atoms with Crippen molar-refractivity contribution in [2.24, 2.45) is 0 Å². The zero-order valence-electron chi connectivity index (χ0n) is 14.3. The van der Waals surface area contributed by atoms with Gasteiger partial charge in [-0.3, -0.25) is 4.79 Å². The number of amides is 1. The Hall–Kier alpha value is -2.24. The van der Waals surface area contributed by atoms with Crippen LogP contribution in [0.2, 0.25) is 0 Å². The number of nitrogens with one attached hydrogen (secondary N) is 2. The lowest BCUT2D eigenvalue weighted by Crippen LogP contribution is -2.52. The van der Waals surface area contributed by atoms with Crippen LogP contribution in [-0.2, 0) is 17.6 Å². The van der Waals surface area contributed by atoms with Crippen LogP contribution in [-0.4, -0.2) is 29.7 Å². The first kappa shape index (κ1) is 17.6. The zero-order valence-corrected chi connectivity index (χ0v) is 14.3. The minimum atomic E-state index is -0.486. The lowest BCUT2D eigenvalue weighted by atomic mass is 9.97. The first-order chi connectivity index (χ1) is 12.0. The standard InChI is InChI=1S/C20H23FN2O2/c1-14(15-6-8-18(21)9-7-15)23-19(25)12-22-20(13-24)10-16-4-2-3-5-17(16)11-20/h2-9,14,22,24H,10-13H2,1H3,(H,23,25). The third-order valence-electron chi connectivity index (χ3n) is 4.85. The average Bonchev–Trinajstić information content (AvgIpc) is 3.00. The summed E-state index contributed by atoms with van der Waals surface area (Å²) in [6, 6.07) is 14.0. The molecule has 2 aromatic rings. The number of hydrogen-bond acceptors (Lipinski definition) is 3. The molecule has 0 saturated carbocycles. The van der Waals surface area contributed by atoms with Crippen LogP contribution in [0.3, 0.4) is 0 Å². The summed E-state index contributed by atoms with van der Waals surface area (Å²) in [4.78, 5) is 12.3. The van der Waals surface area contributed by atoms with Crippen LogP contribution in [0.25, 0.3) is 0 Å². The highest BCUT2D eigenvalue weighted by atomic mass is 19.1. The van der Waals surface area contributed by atoms with Gasteiger partial charge < -0.3 is 15.7 Å². The van der Waals surface area contributed by atoms with Gasteiger partial charge in [0.2, 0.25) is 5.91 Å². The number of aliphatic hydroxyl groups excluding tert-OH is 1. The van der Waals surface area contributed by atoms with Crippen molar-refractivity contribution < 1.29 is 14.3 Å². The Morgan fingerprint density at radius 3 is 2.32 bits per heavy atom. The van der Waals surface area contributed by atoms with Crippen molar-refractivity contribution in [3.8, 4) is 0 Å². The Kier molecular flexibility index (Phi) is 5.16. The Morgan fingerprint density at radius 1 is 1.16 bits per heavy atom. The minimum Gasteiger partial charge on any atom is -0.394 e. The normalized spacial score (nSPS) is 16.3. The molecule has 1 aliphatic rings. The van der Waals surface area contributed by atoms with Crippen molar-refractivity contribution in [1.29, 1.82) is 0 Å². The maximum Gasteiger partial charge on any atom is 0.234 e. The molecule has 132 valence electrons. The van der Waals surface area contributed by atoms with E-state index in [4.69, 9.17) is 0 Å². The van der Waals surface area contributed by atoms with E-state index >= 15 is 0 Å². The molecular weight excluding hydrogens is 319 g/mol. The monoisotopic (exact) mass is 342 g/mol. The van der Waals surface area contributed by atoms with E-state index in [2.05, 4.69) is 22.8 Å². The van der Waals surface area contributed by atoms with Gasteiger partial charge in [-0.15, -0.1) is 0 Å². The fraction of sp³-hybridized carbons (Fsp3) is 0.350. The van der Waals surface area contributed by atoms with Crippen molar-refractivity contribution in [1.82, 2.24) is 10.6 Å². The molecule has 0 fully saturated rings. The van der Waals surface area contributed by atoms with Gasteiger partial charge in [-0.25, -0.2) is 4.39 Å². The third-order valence-corrected chi connectivity index (χ3v) is 4.85. The molecular formula is C20H23FN2O2. The third kappa shape index (κ3) is 4.06. The summed E-state index contributed by atoms with van der Waals surface area (Å²) >= 11 is 0. The minimum absolute atomic E-state index is 0.0253. The van der Waals surface area contributed by atoms with Gasteiger partial charge in [0.15, 0.2) is 0 Å². The largest absolute Gasteiger partial charge is 0.394 e. The number of aliphatic hydroxyl groups is 1. The summed E-state index contributed by atoms with van der Waals surface area (Å²) in [5.41, 5.74) is 2.79. The summed E-state index contributed by atoms with van der Waals surface area (Å²) in [6.07, 6.45) is 1.42. The molecule has 0 aromatic heterocycles. The number of carbonyl (C=O) groups excluding carboxylic acids is 1. The number of fused-ring (bicyclic) bond motifs is 1. The predicted octanol–water partition coefficient (Wildman–Crippen LogP) is 2.12. The van der Waals surface area contributed by atoms with Crippen molar-refractivity contribution in [2.75, 3.05) is 13.2 Å². The van der Waals surface area contributed by atoms with Gasteiger partial charge in [-0.05, 0) is 48.6 Å². The van der Waals surface area contributed by atoms with Crippen LogP contribution in [0.15, 0.2) is 48.5 Å². The number of carbonyl (C=O) groups is 1. The second kappa shape index (κ2) is 7.33. The van der Waals surface area contributed by atoms with E-state index in [1.807, 2.05) is 19.1 Å². The molecule has 0 aliphatic heterocycles. The summed E-state index contributed by atoms with van der Waals surface area (Å²) in [7, 11) is 0. The molecule has 1 unspecified atom stereocenters. The number of halogens is 1. The molecule has 25 heavy (non-hydrogen) atoms. The zero-order chi connectivity index (χ0) is 17.9. The molecule has 0 bridgehead atoms. The molecule has 1 aliphatic carbocycles. The molecule has 0 radical (unpaired) electrons. The Balaban J connectivity index is 1.56. The first-order valence-corrected chi connectivity index (χ1v) is 8.49. The second-order valence-corrected chi connectivity index (χ2v) is 6.76. The van der Waals surface area contributed by atoms with Gasteiger partial charge in [0.25, 0.3) is 0 Å². The fourth-order valence-corrected chi connectivity index (χ4v) is 3.38. The van der Waals surface area contributed by atoms with E-state index in [0.717, 1.165) is 5.56 Å². The van der Waals surface area contributed by atoms with E-state index in [-0.39, 0.29) is 30.9 Å². The number of rotatable bonds is 6. The summed E-state index contributed by atoms with van der Waals surface area (Å²) in [5.74, 6) is -0.449.